The first-order chi connectivity index (χ1) is 13.4. The van der Waals surface area contributed by atoms with Gasteiger partial charge in [-0.15, -0.1) is 11.3 Å². The van der Waals surface area contributed by atoms with E-state index in [1.807, 2.05) is 0 Å². The van der Waals surface area contributed by atoms with Gasteiger partial charge in [-0.2, -0.15) is 0 Å². The van der Waals surface area contributed by atoms with Gasteiger partial charge < -0.3 is 4.74 Å². The number of sulfone groups is 1. The maximum atomic E-state index is 13.0. The minimum atomic E-state index is -4.10. The molecular weight excluding hydrogens is 481 g/mol. The Labute approximate surface area is 205 Å². The van der Waals surface area contributed by atoms with Crippen molar-refractivity contribution in [3.05, 3.63) is 52.5 Å². The number of benzene rings is 2. The second-order valence-corrected chi connectivity index (χ2v) is 11.6. The fourth-order valence-electron chi connectivity index (χ4n) is 2.78. The van der Waals surface area contributed by atoms with Crippen molar-refractivity contribution in [3.63, 3.8) is 0 Å². The van der Waals surface area contributed by atoms with Crippen LogP contribution in [0.1, 0.15) is 15.9 Å². The van der Waals surface area contributed by atoms with Crippen molar-refractivity contribution in [1.82, 2.24) is 0 Å². The number of nitrogens with one attached hydrogen (secondary N) is 1. The molecule has 0 spiro atoms. The molecule has 0 amide bonds. The molecule has 1 aromatic heterocycles. The molecule has 1 radical (unpaired) electrons. The Morgan fingerprint density at radius 2 is 1.77 bits per heavy atom. The molecule has 3 rings (SSSR count). The summed E-state index contributed by atoms with van der Waals surface area (Å²) in [5, 5.41) is 1.18. The van der Waals surface area contributed by atoms with E-state index < -0.39 is 25.8 Å². The van der Waals surface area contributed by atoms with Crippen LogP contribution in [0.3, 0.4) is 0 Å². The Morgan fingerprint density at radius 3 is 2.37 bits per heavy atom. The van der Waals surface area contributed by atoms with Crippen LogP contribution in [0.25, 0.3) is 10.1 Å². The van der Waals surface area contributed by atoms with Gasteiger partial charge in [-0.1, -0.05) is 11.6 Å². The smallest absolute Gasteiger partial charge is 0.337 e. The third-order valence-electron chi connectivity index (χ3n) is 4.15. The van der Waals surface area contributed by atoms with Crippen LogP contribution < -0.4 is 4.72 Å². The van der Waals surface area contributed by atoms with Crippen molar-refractivity contribution < 1.29 is 26.4 Å². The number of carbonyl (C=O) groups is 1. The fraction of sp³-hybridized carbons (Fsp3) is 0.167. The molecular formula is C18H16ClNNaO6S3. The van der Waals surface area contributed by atoms with Gasteiger partial charge in [-0.05, 0) is 54.3 Å². The van der Waals surface area contributed by atoms with Crippen LogP contribution in [0.2, 0.25) is 5.02 Å². The summed E-state index contributed by atoms with van der Waals surface area (Å²) in [6, 6.07) is 8.65. The van der Waals surface area contributed by atoms with Crippen LogP contribution in [0.15, 0.2) is 45.5 Å². The van der Waals surface area contributed by atoms with Crippen LogP contribution in [0.5, 0.6) is 0 Å². The molecule has 0 aliphatic rings. The Balaban J connectivity index is 0.00000320. The number of carbonyl (C=O) groups excluding carboxylic acids is 1. The third-order valence-corrected chi connectivity index (χ3v) is 8.78. The summed E-state index contributed by atoms with van der Waals surface area (Å²) in [4.78, 5) is 11.4. The molecule has 155 valence electrons. The number of ether oxygens (including phenoxy) is 1. The molecule has 3 aromatic rings. The zero-order valence-electron chi connectivity index (χ0n) is 16.5. The first-order valence-corrected chi connectivity index (χ1v) is 12.6. The number of hydrogen-bond donors (Lipinski definition) is 1. The number of halogens is 1. The van der Waals surface area contributed by atoms with Gasteiger partial charge in [0.2, 0.25) is 0 Å². The molecule has 0 aliphatic carbocycles. The number of anilines is 1. The van der Waals surface area contributed by atoms with E-state index in [2.05, 4.69) is 9.46 Å². The van der Waals surface area contributed by atoms with Crippen molar-refractivity contribution in [3.8, 4) is 0 Å². The quantitative estimate of drug-likeness (QED) is 0.428. The van der Waals surface area contributed by atoms with Crippen LogP contribution in [0.4, 0.5) is 5.69 Å². The zero-order valence-corrected chi connectivity index (χ0v) is 21.7. The molecule has 1 heterocycles. The number of hydrogen-bond acceptors (Lipinski definition) is 7. The topological polar surface area (TPSA) is 107 Å². The van der Waals surface area contributed by atoms with E-state index in [1.165, 1.54) is 12.1 Å². The Hall–Kier alpha value is -1.14. The largest absolute Gasteiger partial charge is 0.465 e. The van der Waals surface area contributed by atoms with Gasteiger partial charge in [-0.25, -0.2) is 21.6 Å². The maximum Gasteiger partial charge on any atom is 0.337 e. The summed E-state index contributed by atoms with van der Waals surface area (Å²) in [6.45, 7) is 1.65. The van der Waals surface area contributed by atoms with Crippen molar-refractivity contribution in [2.75, 3.05) is 18.1 Å². The normalized spacial score (nSPS) is 11.7. The SMILES string of the molecule is COC(=O)c1ccc(NS(=O)(=O)c2sc3ccc(Cl)cc3c2C)c(S(C)(=O)=O)c1.[Na]. The predicted molar refractivity (Wildman–Crippen MR) is 119 cm³/mol. The number of thiophene rings is 1. The van der Waals surface area contributed by atoms with E-state index in [4.69, 9.17) is 11.6 Å². The molecule has 0 aliphatic heterocycles. The number of esters is 1. The van der Waals surface area contributed by atoms with Crippen molar-refractivity contribution in [2.24, 2.45) is 0 Å². The summed E-state index contributed by atoms with van der Waals surface area (Å²) < 4.78 is 58.1. The number of sulfonamides is 1. The minimum Gasteiger partial charge on any atom is -0.465 e. The molecule has 0 fully saturated rings. The summed E-state index contributed by atoms with van der Waals surface area (Å²) in [5.41, 5.74) is 0.339. The van der Waals surface area contributed by atoms with Gasteiger partial charge in [0.15, 0.2) is 9.84 Å². The van der Waals surface area contributed by atoms with E-state index in [1.54, 1.807) is 25.1 Å². The van der Waals surface area contributed by atoms with Crippen molar-refractivity contribution in [2.45, 2.75) is 16.0 Å². The van der Waals surface area contributed by atoms with Gasteiger partial charge in [0, 0.05) is 45.5 Å². The molecule has 0 unspecified atom stereocenters. The van der Waals surface area contributed by atoms with Crippen LogP contribution >= 0.6 is 22.9 Å². The van der Waals surface area contributed by atoms with Gasteiger partial charge >= 0.3 is 5.97 Å². The second-order valence-electron chi connectivity index (χ2n) is 6.24. The average Bonchev–Trinajstić information content (AvgIpc) is 2.97. The summed E-state index contributed by atoms with van der Waals surface area (Å²) in [5.74, 6) is -0.735. The maximum absolute atomic E-state index is 13.0. The zero-order chi connectivity index (χ0) is 21.6. The Bertz CT molecular complexity index is 1350. The number of aryl methyl sites for hydroxylation is 1. The molecule has 7 nitrogen and oxygen atoms in total. The van der Waals surface area contributed by atoms with Crippen LogP contribution in [0, 0.1) is 6.92 Å². The molecule has 0 saturated carbocycles. The molecule has 0 saturated heterocycles. The third kappa shape index (κ3) is 5.01. The standard InChI is InChI=1S/C18H16ClNO6S3.Na/c1-10-13-9-12(19)5-7-15(13)27-18(10)29(24,25)20-14-6-4-11(17(21)26-2)8-16(14)28(3,22)23;/h4-9,20H,1-3H3;. The van der Waals surface area contributed by atoms with E-state index in [9.17, 15) is 21.6 Å². The summed E-state index contributed by atoms with van der Waals surface area (Å²) >= 11 is 7.05. The van der Waals surface area contributed by atoms with E-state index in [0.717, 1.165) is 35.5 Å². The fourth-order valence-corrected chi connectivity index (χ4v) is 6.70. The molecule has 0 atom stereocenters. The number of rotatable bonds is 5. The summed E-state index contributed by atoms with van der Waals surface area (Å²) in [6.07, 6.45) is 0.924. The minimum absolute atomic E-state index is 0. The first-order valence-electron chi connectivity index (χ1n) is 8.08. The van der Waals surface area contributed by atoms with Crippen LogP contribution in [-0.2, 0) is 24.6 Å². The van der Waals surface area contributed by atoms with E-state index in [-0.39, 0.29) is 49.9 Å². The molecule has 30 heavy (non-hydrogen) atoms. The van der Waals surface area contributed by atoms with Gasteiger partial charge in [0.05, 0.1) is 23.3 Å². The van der Waals surface area contributed by atoms with Gasteiger partial charge in [0.25, 0.3) is 10.0 Å². The average molecular weight is 497 g/mol. The van der Waals surface area contributed by atoms with Gasteiger partial charge in [-0.3, -0.25) is 4.72 Å². The monoisotopic (exact) mass is 496 g/mol. The van der Waals surface area contributed by atoms with E-state index >= 15 is 0 Å². The van der Waals surface area contributed by atoms with Crippen molar-refractivity contribution >= 4 is 94.1 Å². The Kier molecular flexibility index (Phi) is 7.67. The molecule has 0 bridgehead atoms. The van der Waals surface area contributed by atoms with Crippen LogP contribution in [-0.4, -0.2) is 65.7 Å². The molecule has 2 aromatic carbocycles. The number of fused-ring (bicyclic) bond motifs is 1. The summed E-state index contributed by atoms with van der Waals surface area (Å²) in [7, 11) is -6.77. The molecule has 12 heteroatoms. The molecule has 1 N–H and O–H groups in total. The van der Waals surface area contributed by atoms with Crippen molar-refractivity contribution in [1.29, 1.82) is 0 Å². The number of methoxy groups -OCH3 is 1. The first kappa shape index (κ1) is 25.1. The van der Waals surface area contributed by atoms with Gasteiger partial charge in [0.1, 0.15) is 4.21 Å². The van der Waals surface area contributed by atoms with E-state index in [0.29, 0.717) is 16.0 Å². The predicted octanol–water partition coefficient (Wildman–Crippen LogP) is 3.47. The Morgan fingerprint density at radius 1 is 1.10 bits per heavy atom. The second kappa shape index (κ2) is 9.15.